The molecule has 1 saturated heterocycles. The molecule has 0 bridgehead atoms. The van der Waals surface area contributed by atoms with Crippen molar-refractivity contribution in [3.05, 3.63) is 23.3 Å². The minimum atomic E-state index is -0.119. The molecule has 0 radical (unpaired) electrons. The standard InChI is InChI=1S/C10H11N5O2S/c16-10(7-5-18-14-12-7)15-4-2-1-3-8(15)9-11-6-17-13-9/h5-6,8H,1-4H2. The fraction of sp³-hybridized carbons (Fsp3) is 0.500. The summed E-state index contributed by atoms with van der Waals surface area (Å²) in [6, 6.07) is -0.119. The average molecular weight is 265 g/mol. The number of carbonyl (C=O) groups is 1. The fourth-order valence-corrected chi connectivity index (χ4v) is 2.60. The second-order valence-corrected chi connectivity index (χ2v) is 4.70. The molecule has 1 atom stereocenters. The molecule has 1 amide bonds. The van der Waals surface area contributed by atoms with Crippen molar-refractivity contribution >= 4 is 17.4 Å². The zero-order chi connectivity index (χ0) is 12.4. The molecule has 0 saturated carbocycles. The third-order valence-corrected chi connectivity index (χ3v) is 3.52. The Bertz CT molecular complexity index is 512. The van der Waals surface area contributed by atoms with Gasteiger partial charge in [-0.25, -0.2) is 0 Å². The van der Waals surface area contributed by atoms with Crippen LogP contribution in [0.25, 0.3) is 0 Å². The van der Waals surface area contributed by atoms with Gasteiger partial charge in [-0.2, -0.15) is 4.98 Å². The number of hydrogen-bond donors (Lipinski definition) is 0. The van der Waals surface area contributed by atoms with Gasteiger partial charge < -0.3 is 9.42 Å². The lowest BCUT2D eigenvalue weighted by Crippen LogP contribution is -2.39. The zero-order valence-corrected chi connectivity index (χ0v) is 10.3. The first-order valence-electron chi connectivity index (χ1n) is 5.70. The maximum absolute atomic E-state index is 12.3. The molecule has 2 aromatic rings. The van der Waals surface area contributed by atoms with Crippen LogP contribution in [0.5, 0.6) is 0 Å². The first kappa shape index (κ1) is 11.3. The van der Waals surface area contributed by atoms with E-state index in [1.165, 1.54) is 17.9 Å². The molecule has 18 heavy (non-hydrogen) atoms. The van der Waals surface area contributed by atoms with E-state index in [4.69, 9.17) is 4.52 Å². The largest absolute Gasteiger partial charge is 0.343 e. The van der Waals surface area contributed by atoms with E-state index in [0.717, 1.165) is 19.3 Å². The first-order chi connectivity index (χ1) is 8.86. The second kappa shape index (κ2) is 4.81. The molecule has 3 rings (SSSR count). The van der Waals surface area contributed by atoms with Gasteiger partial charge in [0, 0.05) is 11.9 Å². The lowest BCUT2D eigenvalue weighted by Gasteiger charge is -2.33. The second-order valence-electron chi connectivity index (χ2n) is 4.09. The number of hydrogen-bond acceptors (Lipinski definition) is 7. The van der Waals surface area contributed by atoms with Crippen LogP contribution in [0.15, 0.2) is 16.3 Å². The molecule has 2 aromatic heterocycles. The van der Waals surface area contributed by atoms with Crippen molar-refractivity contribution in [2.75, 3.05) is 6.54 Å². The number of rotatable bonds is 2. The predicted octanol–water partition coefficient (Wildman–Crippen LogP) is 1.29. The quantitative estimate of drug-likeness (QED) is 0.813. The number of nitrogens with zero attached hydrogens (tertiary/aromatic N) is 5. The van der Waals surface area contributed by atoms with Crippen molar-refractivity contribution in [2.45, 2.75) is 25.3 Å². The van der Waals surface area contributed by atoms with E-state index in [1.54, 1.807) is 10.3 Å². The molecule has 7 nitrogen and oxygen atoms in total. The minimum Gasteiger partial charge on any atom is -0.343 e. The van der Waals surface area contributed by atoms with Gasteiger partial charge in [0.1, 0.15) is 0 Å². The van der Waals surface area contributed by atoms with Crippen LogP contribution in [0, 0.1) is 0 Å². The molecule has 0 aliphatic carbocycles. The summed E-state index contributed by atoms with van der Waals surface area (Å²) >= 11 is 1.17. The van der Waals surface area contributed by atoms with E-state index in [1.807, 2.05) is 0 Å². The highest BCUT2D eigenvalue weighted by Gasteiger charge is 2.32. The van der Waals surface area contributed by atoms with Crippen molar-refractivity contribution in [1.82, 2.24) is 24.6 Å². The molecule has 8 heteroatoms. The molecular formula is C10H11N5O2S. The van der Waals surface area contributed by atoms with Gasteiger partial charge >= 0.3 is 0 Å². The van der Waals surface area contributed by atoms with Crippen LogP contribution in [-0.4, -0.2) is 37.1 Å². The van der Waals surface area contributed by atoms with E-state index in [0.29, 0.717) is 18.1 Å². The molecular weight excluding hydrogens is 254 g/mol. The Kier molecular flexibility index (Phi) is 3.01. The molecule has 0 aromatic carbocycles. The summed E-state index contributed by atoms with van der Waals surface area (Å²) in [7, 11) is 0. The van der Waals surface area contributed by atoms with E-state index in [9.17, 15) is 4.79 Å². The van der Waals surface area contributed by atoms with Gasteiger partial charge in [-0.05, 0) is 30.8 Å². The van der Waals surface area contributed by atoms with E-state index in [-0.39, 0.29) is 11.9 Å². The van der Waals surface area contributed by atoms with Crippen LogP contribution in [0.4, 0.5) is 0 Å². The molecule has 1 fully saturated rings. The monoisotopic (exact) mass is 265 g/mol. The van der Waals surface area contributed by atoms with Gasteiger partial charge in [0.15, 0.2) is 11.5 Å². The number of carbonyl (C=O) groups excluding carboxylic acids is 1. The Morgan fingerprint density at radius 3 is 3.17 bits per heavy atom. The number of amides is 1. The van der Waals surface area contributed by atoms with E-state index >= 15 is 0 Å². The Labute approximate surface area is 107 Å². The number of likely N-dealkylation sites (tertiary alicyclic amines) is 1. The lowest BCUT2D eigenvalue weighted by atomic mass is 10.0. The molecule has 94 valence electrons. The topological polar surface area (TPSA) is 85.0 Å². The SMILES string of the molecule is O=C(c1csnn1)N1CCCCC1c1ncon1. The Balaban J connectivity index is 1.86. The van der Waals surface area contributed by atoms with Crippen LogP contribution in [0.1, 0.15) is 41.6 Å². The van der Waals surface area contributed by atoms with Crippen LogP contribution >= 0.6 is 11.5 Å². The van der Waals surface area contributed by atoms with Crippen molar-refractivity contribution in [3.8, 4) is 0 Å². The highest BCUT2D eigenvalue weighted by Crippen LogP contribution is 2.29. The van der Waals surface area contributed by atoms with Crippen molar-refractivity contribution in [3.63, 3.8) is 0 Å². The van der Waals surface area contributed by atoms with Gasteiger partial charge in [0.05, 0.1) is 6.04 Å². The summed E-state index contributed by atoms with van der Waals surface area (Å²) in [5.41, 5.74) is 0.385. The summed E-state index contributed by atoms with van der Waals surface area (Å²) in [5.74, 6) is 0.449. The van der Waals surface area contributed by atoms with Gasteiger partial charge in [0.2, 0.25) is 6.39 Å². The van der Waals surface area contributed by atoms with E-state index < -0.39 is 0 Å². The number of aromatic nitrogens is 4. The molecule has 1 unspecified atom stereocenters. The highest BCUT2D eigenvalue weighted by molar-refractivity contribution is 7.03. The average Bonchev–Trinajstić information content (AvgIpc) is 3.11. The molecule has 0 spiro atoms. The summed E-state index contributed by atoms with van der Waals surface area (Å²) in [4.78, 5) is 18.1. The Morgan fingerprint density at radius 2 is 2.44 bits per heavy atom. The summed E-state index contributed by atoms with van der Waals surface area (Å²) in [6.45, 7) is 0.690. The van der Waals surface area contributed by atoms with Crippen LogP contribution in [0.2, 0.25) is 0 Å². The summed E-state index contributed by atoms with van der Waals surface area (Å²) in [5, 5.41) is 9.32. The third-order valence-electron chi connectivity index (χ3n) is 3.02. The highest BCUT2D eigenvalue weighted by atomic mass is 32.1. The fourth-order valence-electron chi connectivity index (χ4n) is 2.17. The van der Waals surface area contributed by atoms with Gasteiger partial charge in [-0.3, -0.25) is 4.79 Å². The first-order valence-corrected chi connectivity index (χ1v) is 6.54. The van der Waals surface area contributed by atoms with Crippen LogP contribution < -0.4 is 0 Å². The normalized spacial score (nSPS) is 20.0. The third kappa shape index (κ3) is 1.99. The number of piperidine rings is 1. The zero-order valence-electron chi connectivity index (χ0n) is 9.52. The van der Waals surface area contributed by atoms with Crippen molar-refractivity contribution in [2.24, 2.45) is 0 Å². The van der Waals surface area contributed by atoms with Gasteiger partial charge in [-0.1, -0.05) is 9.64 Å². The summed E-state index contributed by atoms with van der Waals surface area (Å²) < 4.78 is 8.48. The Hall–Kier alpha value is -1.83. The maximum atomic E-state index is 12.3. The van der Waals surface area contributed by atoms with Crippen molar-refractivity contribution in [1.29, 1.82) is 0 Å². The molecule has 0 N–H and O–H groups in total. The summed E-state index contributed by atoms with van der Waals surface area (Å²) in [6.07, 6.45) is 4.18. The molecule has 1 aliphatic heterocycles. The van der Waals surface area contributed by atoms with Crippen molar-refractivity contribution < 1.29 is 9.32 Å². The van der Waals surface area contributed by atoms with E-state index in [2.05, 4.69) is 19.7 Å². The predicted molar refractivity (Wildman–Crippen MR) is 61.8 cm³/mol. The molecule has 1 aliphatic rings. The van der Waals surface area contributed by atoms with Gasteiger partial charge in [0.25, 0.3) is 5.91 Å². The Morgan fingerprint density at radius 1 is 1.50 bits per heavy atom. The van der Waals surface area contributed by atoms with Crippen LogP contribution in [-0.2, 0) is 0 Å². The van der Waals surface area contributed by atoms with Gasteiger partial charge in [-0.15, -0.1) is 5.10 Å². The maximum Gasteiger partial charge on any atom is 0.275 e. The molecule has 3 heterocycles. The minimum absolute atomic E-state index is 0.113. The lowest BCUT2D eigenvalue weighted by molar-refractivity contribution is 0.0590. The van der Waals surface area contributed by atoms with Crippen LogP contribution in [0.3, 0.4) is 0 Å². The smallest absolute Gasteiger partial charge is 0.275 e.